The van der Waals surface area contributed by atoms with Crippen LogP contribution in [0.5, 0.6) is 0 Å². The van der Waals surface area contributed by atoms with E-state index in [0.29, 0.717) is 10.8 Å². The van der Waals surface area contributed by atoms with Gasteiger partial charge < -0.3 is 0 Å². The molecule has 0 aromatic heterocycles. The van der Waals surface area contributed by atoms with Gasteiger partial charge in [-0.1, -0.05) is 69.2 Å². The van der Waals surface area contributed by atoms with Gasteiger partial charge in [0.1, 0.15) is 0 Å². The van der Waals surface area contributed by atoms with Crippen LogP contribution in [0.2, 0.25) is 0 Å². The largest absolute Gasteiger partial charge is 0.0625 e. The molecule has 0 heteroatoms. The molecule has 4 fully saturated rings. The Morgan fingerprint density at radius 3 is 1.86 bits per heavy atom. The highest BCUT2D eigenvalue weighted by molar-refractivity contribution is 5.29. The van der Waals surface area contributed by atoms with Gasteiger partial charge in [0, 0.05) is 0 Å². The first-order valence-corrected chi connectivity index (χ1v) is 13.0. The summed E-state index contributed by atoms with van der Waals surface area (Å²) < 4.78 is 0. The molecule has 0 nitrogen and oxygen atoms in total. The highest BCUT2D eigenvalue weighted by atomic mass is 14.9. The van der Waals surface area contributed by atoms with Gasteiger partial charge in [-0.2, -0.15) is 0 Å². The van der Waals surface area contributed by atoms with Gasteiger partial charge in [0.2, 0.25) is 0 Å². The van der Waals surface area contributed by atoms with Gasteiger partial charge in [-0.25, -0.2) is 0 Å². The normalized spacial score (nSPS) is 56.4. The third-order valence-electron chi connectivity index (χ3n) is 11.7. The van der Waals surface area contributed by atoms with E-state index in [1.807, 2.05) is 0 Å². The van der Waals surface area contributed by atoms with Crippen molar-refractivity contribution in [2.75, 3.05) is 0 Å². The lowest BCUT2D eigenvalue weighted by Gasteiger charge is -2.57. The molecule has 4 saturated carbocycles. The van der Waals surface area contributed by atoms with Gasteiger partial charge in [-0.3, -0.25) is 0 Å². The van der Waals surface area contributed by atoms with E-state index in [1.165, 1.54) is 25.7 Å². The maximum absolute atomic E-state index is 2.74. The summed E-state index contributed by atoms with van der Waals surface area (Å²) in [5.74, 6) is 11.5. The molecule has 0 radical (unpaired) electrons. The molecule has 12 unspecified atom stereocenters. The minimum atomic E-state index is 0.633. The maximum atomic E-state index is 2.74. The first kappa shape index (κ1) is 21.2. The van der Waals surface area contributed by atoms with Crippen LogP contribution in [0.15, 0.2) is 0 Å². The molecule has 0 bridgehead atoms. The topological polar surface area (TPSA) is 0 Å². The summed E-state index contributed by atoms with van der Waals surface area (Å²) >= 11 is 0. The quantitative estimate of drug-likeness (QED) is 0.432. The second kappa shape index (κ2) is 6.75. The third kappa shape index (κ3) is 2.54. The SMILES string of the molecule is CC(C)C1CC(C)C1CC(C)C1CC(C)C1C1(C)C(C)C12CC(C)C2C(C)C. The molecule has 4 rings (SSSR count). The molecule has 4 aliphatic carbocycles. The lowest BCUT2D eigenvalue weighted by atomic mass is 9.47. The molecule has 162 valence electrons. The highest BCUT2D eigenvalue weighted by Crippen LogP contribution is 2.87. The second-order valence-electron chi connectivity index (χ2n) is 13.4. The van der Waals surface area contributed by atoms with Gasteiger partial charge in [0.05, 0.1) is 0 Å². The lowest BCUT2D eigenvalue weighted by Crippen LogP contribution is -2.51. The standard InChI is InChI=1S/C28H50/c1-15(2)22-11-17(5)23(22)12-18(6)24-13-19(7)26(24)27(10)21(9)28(27)14-20(8)25(28)16(3)4/h15-26H,11-14H2,1-10H3. The van der Waals surface area contributed by atoms with E-state index in [0.717, 1.165) is 71.0 Å². The van der Waals surface area contributed by atoms with Crippen molar-refractivity contribution in [1.29, 1.82) is 0 Å². The van der Waals surface area contributed by atoms with Crippen LogP contribution in [-0.2, 0) is 0 Å². The van der Waals surface area contributed by atoms with E-state index < -0.39 is 0 Å². The molecule has 1 spiro atoms. The van der Waals surface area contributed by atoms with Crippen molar-refractivity contribution >= 4 is 0 Å². The summed E-state index contributed by atoms with van der Waals surface area (Å²) in [5.41, 5.74) is 1.33. The first-order valence-electron chi connectivity index (χ1n) is 13.0. The van der Waals surface area contributed by atoms with Crippen molar-refractivity contribution in [2.45, 2.75) is 94.9 Å². The molecule has 4 aliphatic rings. The van der Waals surface area contributed by atoms with E-state index in [9.17, 15) is 0 Å². The van der Waals surface area contributed by atoms with Crippen molar-refractivity contribution in [3.8, 4) is 0 Å². The molecule has 28 heavy (non-hydrogen) atoms. The second-order valence-corrected chi connectivity index (χ2v) is 13.4. The predicted octanol–water partition coefficient (Wildman–Crippen LogP) is 8.17. The lowest BCUT2D eigenvalue weighted by molar-refractivity contribution is -0.0921. The average molecular weight is 387 g/mol. The molecule has 0 saturated heterocycles. The zero-order chi connectivity index (χ0) is 20.8. The Labute approximate surface area is 177 Å². The highest BCUT2D eigenvalue weighted by Gasteiger charge is 2.82. The Balaban J connectivity index is 1.48. The minimum Gasteiger partial charge on any atom is -0.0625 e. The van der Waals surface area contributed by atoms with Crippen LogP contribution in [0.4, 0.5) is 0 Å². The number of hydrogen-bond donors (Lipinski definition) is 0. The van der Waals surface area contributed by atoms with Gasteiger partial charge in [0.15, 0.2) is 0 Å². The summed E-state index contributed by atoms with van der Waals surface area (Å²) in [6.07, 6.45) is 6.04. The summed E-state index contributed by atoms with van der Waals surface area (Å²) in [5, 5.41) is 0. The van der Waals surface area contributed by atoms with E-state index in [1.54, 1.807) is 0 Å². The smallest absolute Gasteiger partial charge is 0.0171 e. The van der Waals surface area contributed by atoms with Crippen LogP contribution < -0.4 is 0 Å². The molecule has 0 heterocycles. The van der Waals surface area contributed by atoms with Gasteiger partial charge in [-0.15, -0.1) is 0 Å². The number of rotatable bonds is 6. The van der Waals surface area contributed by atoms with Gasteiger partial charge in [0.25, 0.3) is 0 Å². The average Bonchev–Trinajstić information content (AvgIpc) is 3.03. The van der Waals surface area contributed by atoms with E-state index in [-0.39, 0.29) is 0 Å². The van der Waals surface area contributed by atoms with Crippen LogP contribution in [0.25, 0.3) is 0 Å². The zero-order valence-electron chi connectivity index (χ0n) is 20.8. The van der Waals surface area contributed by atoms with Crippen molar-refractivity contribution in [2.24, 2.45) is 81.8 Å². The molecule has 0 aromatic rings. The van der Waals surface area contributed by atoms with Gasteiger partial charge >= 0.3 is 0 Å². The monoisotopic (exact) mass is 386 g/mol. The van der Waals surface area contributed by atoms with E-state index >= 15 is 0 Å². The van der Waals surface area contributed by atoms with Crippen molar-refractivity contribution in [1.82, 2.24) is 0 Å². The summed E-state index contributed by atoms with van der Waals surface area (Å²) in [7, 11) is 0. The fourth-order valence-corrected chi connectivity index (χ4v) is 10.4. The first-order chi connectivity index (χ1) is 13.0. The molecule has 12 atom stereocenters. The van der Waals surface area contributed by atoms with Crippen molar-refractivity contribution in [3.63, 3.8) is 0 Å². The fourth-order valence-electron chi connectivity index (χ4n) is 10.4. The van der Waals surface area contributed by atoms with Crippen LogP contribution in [0.3, 0.4) is 0 Å². The third-order valence-corrected chi connectivity index (χ3v) is 11.7. The van der Waals surface area contributed by atoms with E-state index in [2.05, 4.69) is 69.2 Å². The summed E-state index contributed by atoms with van der Waals surface area (Å²) in [4.78, 5) is 0. The Morgan fingerprint density at radius 1 is 0.786 bits per heavy atom. The predicted molar refractivity (Wildman–Crippen MR) is 122 cm³/mol. The molecular weight excluding hydrogens is 336 g/mol. The minimum absolute atomic E-state index is 0.633. The molecule has 0 amide bonds. The maximum Gasteiger partial charge on any atom is -0.0171 e. The fraction of sp³-hybridized carbons (Fsp3) is 1.00. The van der Waals surface area contributed by atoms with Gasteiger partial charge in [-0.05, 0) is 108 Å². The van der Waals surface area contributed by atoms with Crippen LogP contribution in [0, 0.1) is 81.8 Å². The Kier molecular flexibility index (Phi) is 5.12. The Morgan fingerprint density at radius 2 is 1.39 bits per heavy atom. The van der Waals surface area contributed by atoms with E-state index in [4.69, 9.17) is 0 Å². The summed E-state index contributed by atoms with van der Waals surface area (Å²) in [6.45, 7) is 25.6. The van der Waals surface area contributed by atoms with Crippen LogP contribution in [0.1, 0.15) is 94.9 Å². The number of hydrogen-bond acceptors (Lipinski definition) is 0. The van der Waals surface area contributed by atoms with Crippen LogP contribution in [-0.4, -0.2) is 0 Å². The molecule has 0 aromatic carbocycles. The zero-order valence-corrected chi connectivity index (χ0v) is 20.8. The Hall–Kier alpha value is 0. The van der Waals surface area contributed by atoms with Crippen molar-refractivity contribution < 1.29 is 0 Å². The van der Waals surface area contributed by atoms with Crippen LogP contribution >= 0.6 is 0 Å². The Bertz CT molecular complexity index is 584. The molecular formula is C28H50. The summed E-state index contributed by atoms with van der Waals surface area (Å²) in [6, 6.07) is 0. The molecule has 0 N–H and O–H groups in total. The van der Waals surface area contributed by atoms with Crippen molar-refractivity contribution in [3.05, 3.63) is 0 Å². The molecule has 0 aliphatic heterocycles.